The molecule has 9 heteroatoms. The number of halogens is 1. The van der Waals surface area contributed by atoms with E-state index < -0.39 is 10.0 Å². The van der Waals surface area contributed by atoms with Crippen molar-refractivity contribution in [2.24, 2.45) is 0 Å². The quantitative estimate of drug-likeness (QED) is 0.343. The van der Waals surface area contributed by atoms with Gasteiger partial charge in [0.2, 0.25) is 10.0 Å². The van der Waals surface area contributed by atoms with Crippen LogP contribution in [0, 0.1) is 0 Å². The third-order valence-corrected chi connectivity index (χ3v) is 8.67. The van der Waals surface area contributed by atoms with Gasteiger partial charge in [-0.1, -0.05) is 37.6 Å². The maximum atomic E-state index is 12.8. The van der Waals surface area contributed by atoms with E-state index in [1.165, 1.54) is 39.9 Å². The molecule has 0 aliphatic heterocycles. The molecule has 0 fully saturated rings. The highest BCUT2D eigenvalue weighted by Crippen LogP contribution is 2.36. The van der Waals surface area contributed by atoms with Crippen LogP contribution in [0.1, 0.15) is 24.2 Å². The molecule has 4 aromatic rings. The van der Waals surface area contributed by atoms with E-state index in [9.17, 15) is 13.2 Å². The van der Waals surface area contributed by atoms with Gasteiger partial charge in [0.1, 0.15) is 5.01 Å². The maximum absolute atomic E-state index is 12.8. The summed E-state index contributed by atoms with van der Waals surface area (Å²) in [7, 11) is -3.57. The van der Waals surface area contributed by atoms with Crippen LogP contribution in [0.25, 0.3) is 20.8 Å². The Kier molecular flexibility index (Phi) is 6.81. The highest BCUT2D eigenvalue weighted by atomic mass is 35.5. The van der Waals surface area contributed by atoms with Gasteiger partial charge in [0, 0.05) is 29.9 Å². The van der Waals surface area contributed by atoms with Crippen molar-refractivity contribution in [3.8, 4) is 10.6 Å². The van der Waals surface area contributed by atoms with Crippen molar-refractivity contribution in [2.45, 2.75) is 18.7 Å². The number of rotatable bonds is 7. The molecule has 1 heterocycles. The lowest BCUT2D eigenvalue weighted by molar-refractivity contribution is 0.102. The van der Waals surface area contributed by atoms with E-state index in [-0.39, 0.29) is 10.8 Å². The number of carbonyl (C=O) groups is 1. The van der Waals surface area contributed by atoms with Crippen LogP contribution >= 0.6 is 22.9 Å². The van der Waals surface area contributed by atoms with Gasteiger partial charge in [-0.25, -0.2) is 13.4 Å². The van der Waals surface area contributed by atoms with Crippen molar-refractivity contribution in [3.63, 3.8) is 0 Å². The smallest absolute Gasteiger partial charge is 0.255 e. The first-order chi connectivity index (χ1) is 15.8. The van der Waals surface area contributed by atoms with Crippen LogP contribution in [0.3, 0.4) is 0 Å². The summed E-state index contributed by atoms with van der Waals surface area (Å²) < 4.78 is 27.7. The number of nitrogens with zero attached hydrogens (tertiary/aromatic N) is 2. The molecule has 0 spiro atoms. The molecule has 3 aromatic carbocycles. The van der Waals surface area contributed by atoms with Crippen molar-refractivity contribution in [1.29, 1.82) is 0 Å². The Labute approximate surface area is 201 Å². The van der Waals surface area contributed by atoms with Crippen molar-refractivity contribution >= 4 is 54.8 Å². The van der Waals surface area contributed by atoms with Crippen LogP contribution < -0.4 is 5.32 Å². The van der Waals surface area contributed by atoms with Gasteiger partial charge in [-0.3, -0.25) is 4.79 Å². The minimum Gasteiger partial charge on any atom is -0.322 e. The summed E-state index contributed by atoms with van der Waals surface area (Å²) in [5.41, 5.74) is 2.54. The van der Waals surface area contributed by atoms with E-state index >= 15 is 0 Å². The summed E-state index contributed by atoms with van der Waals surface area (Å²) in [6, 6.07) is 19.0. The lowest BCUT2D eigenvalue weighted by Gasteiger charge is -2.18. The fourth-order valence-corrected chi connectivity index (χ4v) is 6.17. The molecule has 0 radical (unpaired) electrons. The average Bonchev–Trinajstić information content (AvgIpc) is 3.25. The molecule has 0 aliphatic rings. The van der Waals surface area contributed by atoms with Gasteiger partial charge in [0.25, 0.3) is 5.91 Å². The predicted molar refractivity (Wildman–Crippen MR) is 135 cm³/mol. The number of benzene rings is 3. The molecule has 6 nitrogen and oxygen atoms in total. The molecule has 33 heavy (non-hydrogen) atoms. The second-order valence-corrected chi connectivity index (χ2v) is 10.6. The molecule has 1 aromatic heterocycles. The molecule has 0 bridgehead atoms. The Morgan fingerprint density at radius 1 is 1.03 bits per heavy atom. The first-order valence-electron chi connectivity index (χ1n) is 10.4. The predicted octanol–water partition coefficient (Wildman–Crippen LogP) is 5.90. The normalized spacial score (nSPS) is 11.8. The standard InChI is InChI=1S/C24H22ClN3O3S2/c1-3-28(4-2)33(30,31)18-12-9-16(10-13-18)23(29)26-17-11-14-20(25)19(15-17)24-27-21-7-5-6-8-22(21)32-24/h5-15H,3-4H2,1-2H3,(H,26,29). The van der Waals surface area contributed by atoms with Gasteiger partial charge in [0.05, 0.1) is 20.1 Å². The number of aromatic nitrogens is 1. The second kappa shape index (κ2) is 9.61. The number of para-hydroxylation sites is 1. The number of fused-ring (bicyclic) bond motifs is 1. The fraction of sp³-hybridized carbons (Fsp3) is 0.167. The Morgan fingerprint density at radius 2 is 1.73 bits per heavy atom. The number of sulfonamides is 1. The molecule has 170 valence electrons. The third kappa shape index (κ3) is 4.79. The number of anilines is 1. The van der Waals surface area contributed by atoms with Gasteiger partial charge in [-0.15, -0.1) is 11.3 Å². The topological polar surface area (TPSA) is 79.4 Å². The number of amides is 1. The Hall–Kier alpha value is -2.78. The second-order valence-electron chi connectivity index (χ2n) is 7.25. The molecule has 0 atom stereocenters. The van der Waals surface area contributed by atoms with Gasteiger partial charge in [0.15, 0.2) is 0 Å². The van der Waals surface area contributed by atoms with E-state index in [0.717, 1.165) is 20.8 Å². The molecule has 1 amide bonds. The monoisotopic (exact) mass is 499 g/mol. The number of hydrogen-bond acceptors (Lipinski definition) is 5. The zero-order valence-corrected chi connectivity index (χ0v) is 20.5. The van der Waals surface area contributed by atoms with Gasteiger partial charge in [-0.05, 0) is 54.6 Å². The Bertz CT molecular complexity index is 1380. The minimum absolute atomic E-state index is 0.160. The zero-order chi connectivity index (χ0) is 23.6. The van der Waals surface area contributed by atoms with Gasteiger partial charge < -0.3 is 5.32 Å². The molecule has 0 saturated carbocycles. The summed E-state index contributed by atoms with van der Waals surface area (Å²) in [6.07, 6.45) is 0. The third-order valence-electron chi connectivity index (χ3n) is 5.21. The van der Waals surface area contributed by atoms with Crippen LogP contribution in [0.15, 0.2) is 71.6 Å². The minimum atomic E-state index is -3.57. The molecule has 4 rings (SSSR count). The van der Waals surface area contributed by atoms with E-state index in [2.05, 4.69) is 10.3 Å². The molecule has 0 saturated heterocycles. The van der Waals surface area contributed by atoms with E-state index in [4.69, 9.17) is 11.6 Å². The fourth-order valence-electron chi connectivity index (χ4n) is 3.45. The van der Waals surface area contributed by atoms with Crippen LogP contribution in [0.2, 0.25) is 5.02 Å². The number of carbonyl (C=O) groups excluding carboxylic acids is 1. The highest BCUT2D eigenvalue weighted by Gasteiger charge is 2.21. The summed E-state index contributed by atoms with van der Waals surface area (Å²) in [5.74, 6) is -0.348. The summed E-state index contributed by atoms with van der Waals surface area (Å²) in [6.45, 7) is 4.35. The van der Waals surface area contributed by atoms with Crippen LogP contribution in [-0.2, 0) is 10.0 Å². The number of thiazole rings is 1. The zero-order valence-electron chi connectivity index (χ0n) is 18.1. The van der Waals surface area contributed by atoms with E-state index in [0.29, 0.717) is 29.4 Å². The van der Waals surface area contributed by atoms with Crippen molar-refractivity contribution in [1.82, 2.24) is 9.29 Å². The molecule has 0 unspecified atom stereocenters. The van der Waals surface area contributed by atoms with Crippen LogP contribution in [0.4, 0.5) is 5.69 Å². The maximum Gasteiger partial charge on any atom is 0.255 e. The molecular formula is C24H22ClN3O3S2. The summed E-state index contributed by atoms with van der Waals surface area (Å²) in [4.78, 5) is 17.6. The Morgan fingerprint density at radius 3 is 2.39 bits per heavy atom. The average molecular weight is 500 g/mol. The van der Waals surface area contributed by atoms with Crippen molar-refractivity contribution in [2.75, 3.05) is 18.4 Å². The van der Waals surface area contributed by atoms with E-state index in [1.54, 1.807) is 32.0 Å². The van der Waals surface area contributed by atoms with E-state index in [1.807, 2.05) is 24.3 Å². The van der Waals surface area contributed by atoms with Gasteiger partial charge >= 0.3 is 0 Å². The SMILES string of the molecule is CCN(CC)S(=O)(=O)c1ccc(C(=O)Nc2ccc(Cl)c(-c3nc4ccccc4s3)c2)cc1. The molecule has 1 N–H and O–H groups in total. The van der Waals surface area contributed by atoms with Crippen LogP contribution in [0.5, 0.6) is 0 Å². The van der Waals surface area contributed by atoms with Gasteiger partial charge in [-0.2, -0.15) is 4.31 Å². The number of nitrogens with one attached hydrogen (secondary N) is 1. The molecule has 0 aliphatic carbocycles. The summed E-state index contributed by atoms with van der Waals surface area (Å²) >= 11 is 7.94. The lowest BCUT2D eigenvalue weighted by atomic mass is 10.1. The molecular weight excluding hydrogens is 478 g/mol. The first-order valence-corrected chi connectivity index (χ1v) is 13.0. The highest BCUT2D eigenvalue weighted by molar-refractivity contribution is 7.89. The Balaban J connectivity index is 1.56. The van der Waals surface area contributed by atoms with Crippen molar-refractivity contribution in [3.05, 3.63) is 77.3 Å². The number of hydrogen-bond donors (Lipinski definition) is 1. The van der Waals surface area contributed by atoms with Crippen LogP contribution in [-0.4, -0.2) is 36.7 Å². The summed E-state index contributed by atoms with van der Waals surface area (Å²) in [5, 5.41) is 4.16. The lowest BCUT2D eigenvalue weighted by Crippen LogP contribution is -2.30. The first kappa shape index (κ1) is 23.4. The van der Waals surface area contributed by atoms with Crippen molar-refractivity contribution < 1.29 is 13.2 Å². The largest absolute Gasteiger partial charge is 0.322 e.